The van der Waals surface area contributed by atoms with Crippen LogP contribution in [0, 0.1) is 5.82 Å². The molecule has 1 unspecified atom stereocenters. The molecule has 0 aliphatic carbocycles. The molecule has 0 aliphatic heterocycles. The Kier molecular flexibility index (Phi) is 6.03. The Morgan fingerprint density at radius 3 is 2.85 bits per heavy atom. The van der Waals surface area contributed by atoms with Crippen molar-refractivity contribution in [1.29, 1.82) is 0 Å². The molecule has 0 radical (unpaired) electrons. The van der Waals surface area contributed by atoms with Gasteiger partial charge < -0.3 is 10.1 Å². The molecule has 0 bridgehead atoms. The molecule has 2 aromatic carbocycles. The van der Waals surface area contributed by atoms with Crippen molar-refractivity contribution in [2.24, 2.45) is 0 Å². The number of thioether (sulfide) groups is 1. The van der Waals surface area contributed by atoms with Crippen LogP contribution in [0.3, 0.4) is 0 Å². The molecule has 3 aromatic rings. The first kappa shape index (κ1) is 19.3. The molecule has 1 atom stereocenters. The van der Waals surface area contributed by atoms with E-state index in [9.17, 15) is 9.18 Å². The number of carbonyl (C=O) groups is 1. The Balaban J connectivity index is 1.71. The van der Waals surface area contributed by atoms with E-state index in [4.69, 9.17) is 16.3 Å². The topological polar surface area (TPSA) is 56.1 Å². The molecule has 0 saturated heterocycles. The molecule has 27 heavy (non-hydrogen) atoms. The third kappa shape index (κ3) is 4.61. The molecule has 3 rings (SSSR count). The first-order chi connectivity index (χ1) is 13.0. The number of amides is 1. The van der Waals surface area contributed by atoms with Gasteiger partial charge in [-0.15, -0.1) is 0 Å². The number of hydrogen-bond donors (Lipinski definition) is 1. The van der Waals surface area contributed by atoms with E-state index in [1.54, 1.807) is 54.2 Å². The van der Waals surface area contributed by atoms with Gasteiger partial charge >= 0.3 is 0 Å². The molecule has 0 saturated carbocycles. The SMILES string of the molecule is COc1ccc(NC(=O)C(C)Sc2nccn2-c2cccc(F)c2)cc1Cl. The van der Waals surface area contributed by atoms with Crippen molar-refractivity contribution in [2.45, 2.75) is 17.3 Å². The van der Waals surface area contributed by atoms with Crippen molar-refractivity contribution < 1.29 is 13.9 Å². The van der Waals surface area contributed by atoms with Crippen molar-refractivity contribution in [3.8, 4) is 11.4 Å². The molecule has 1 amide bonds. The standard InChI is InChI=1S/C19H17ClFN3O2S/c1-12(18(25)23-14-6-7-17(26-2)16(20)11-14)27-19-22-8-9-24(19)15-5-3-4-13(21)10-15/h3-12H,1-2H3,(H,23,25). The number of imidazole rings is 1. The fraction of sp³-hybridized carbons (Fsp3) is 0.158. The summed E-state index contributed by atoms with van der Waals surface area (Å²) >= 11 is 7.36. The van der Waals surface area contributed by atoms with E-state index in [1.165, 1.54) is 31.0 Å². The van der Waals surface area contributed by atoms with Gasteiger partial charge in [-0.25, -0.2) is 9.37 Å². The third-order valence-electron chi connectivity index (χ3n) is 3.76. The van der Waals surface area contributed by atoms with Crippen LogP contribution >= 0.6 is 23.4 Å². The highest BCUT2D eigenvalue weighted by Gasteiger charge is 2.18. The Morgan fingerprint density at radius 2 is 2.15 bits per heavy atom. The van der Waals surface area contributed by atoms with E-state index in [0.717, 1.165) is 0 Å². The summed E-state index contributed by atoms with van der Waals surface area (Å²) in [4.78, 5) is 16.8. The third-order valence-corrected chi connectivity index (χ3v) is 5.14. The van der Waals surface area contributed by atoms with E-state index in [0.29, 0.717) is 27.3 Å². The minimum atomic E-state index is -0.430. The number of rotatable bonds is 6. The van der Waals surface area contributed by atoms with Gasteiger partial charge in [0.15, 0.2) is 5.16 Å². The molecule has 5 nitrogen and oxygen atoms in total. The number of benzene rings is 2. The zero-order chi connectivity index (χ0) is 19.4. The van der Waals surface area contributed by atoms with Crippen LogP contribution in [0.15, 0.2) is 60.0 Å². The second-order valence-corrected chi connectivity index (χ2v) is 7.37. The van der Waals surface area contributed by atoms with Crippen LogP contribution in [0.1, 0.15) is 6.92 Å². The lowest BCUT2D eigenvalue weighted by Crippen LogP contribution is -2.22. The summed E-state index contributed by atoms with van der Waals surface area (Å²) in [5.74, 6) is 0.00330. The van der Waals surface area contributed by atoms with Gasteiger partial charge in [-0.05, 0) is 43.3 Å². The highest BCUT2D eigenvalue weighted by molar-refractivity contribution is 8.00. The average molecular weight is 406 g/mol. The van der Waals surface area contributed by atoms with E-state index in [2.05, 4.69) is 10.3 Å². The minimum absolute atomic E-state index is 0.199. The van der Waals surface area contributed by atoms with E-state index in [-0.39, 0.29) is 11.7 Å². The number of nitrogens with one attached hydrogen (secondary N) is 1. The molecule has 1 N–H and O–H groups in total. The summed E-state index contributed by atoms with van der Waals surface area (Å²) in [5, 5.41) is 3.40. The summed E-state index contributed by atoms with van der Waals surface area (Å²) in [7, 11) is 1.53. The molecular formula is C19H17ClFN3O2S. The zero-order valence-corrected chi connectivity index (χ0v) is 16.2. The quantitative estimate of drug-likeness (QED) is 0.599. The average Bonchev–Trinajstić information content (AvgIpc) is 3.10. The van der Waals surface area contributed by atoms with Crippen LogP contribution in [0.25, 0.3) is 5.69 Å². The number of nitrogens with zero attached hydrogens (tertiary/aromatic N) is 2. The summed E-state index contributed by atoms with van der Waals surface area (Å²) in [6, 6.07) is 11.2. The number of aromatic nitrogens is 2. The normalized spacial score (nSPS) is 11.9. The Labute approximate surface area is 165 Å². The molecule has 140 valence electrons. The van der Waals surface area contributed by atoms with E-state index >= 15 is 0 Å². The molecule has 1 heterocycles. The van der Waals surface area contributed by atoms with E-state index in [1.807, 2.05) is 0 Å². The number of hydrogen-bond acceptors (Lipinski definition) is 4. The lowest BCUT2D eigenvalue weighted by Gasteiger charge is -2.14. The van der Waals surface area contributed by atoms with E-state index < -0.39 is 5.25 Å². The van der Waals surface area contributed by atoms with Gasteiger partial charge in [0.1, 0.15) is 11.6 Å². The Bertz CT molecular complexity index is 964. The van der Waals surface area contributed by atoms with Gasteiger partial charge in [-0.1, -0.05) is 29.4 Å². The molecule has 8 heteroatoms. The fourth-order valence-corrected chi connectivity index (χ4v) is 3.54. The van der Waals surface area contributed by atoms with Crippen LogP contribution in [0.5, 0.6) is 5.75 Å². The molecule has 0 aliphatic rings. The lowest BCUT2D eigenvalue weighted by molar-refractivity contribution is -0.115. The van der Waals surface area contributed by atoms with Gasteiger partial charge in [-0.3, -0.25) is 9.36 Å². The summed E-state index contributed by atoms with van der Waals surface area (Å²) in [6.45, 7) is 1.77. The number of ether oxygens (including phenoxy) is 1. The monoisotopic (exact) mass is 405 g/mol. The molecule has 0 spiro atoms. The van der Waals surface area contributed by atoms with Crippen molar-refractivity contribution in [3.05, 3.63) is 65.7 Å². The first-order valence-corrected chi connectivity index (χ1v) is 9.34. The fourth-order valence-electron chi connectivity index (χ4n) is 2.40. The van der Waals surface area contributed by atoms with Crippen LogP contribution in [0.4, 0.5) is 10.1 Å². The van der Waals surface area contributed by atoms with Gasteiger partial charge in [0.25, 0.3) is 0 Å². The summed E-state index contributed by atoms with van der Waals surface area (Å²) in [6.07, 6.45) is 3.34. The first-order valence-electron chi connectivity index (χ1n) is 8.08. The van der Waals surface area contributed by atoms with Gasteiger partial charge in [0, 0.05) is 18.1 Å². The second kappa shape index (κ2) is 8.45. The predicted octanol–water partition coefficient (Wildman–Crippen LogP) is 4.79. The van der Waals surface area contributed by atoms with Gasteiger partial charge in [0.2, 0.25) is 5.91 Å². The largest absolute Gasteiger partial charge is 0.495 e. The maximum atomic E-state index is 13.5. The lowest BCUT2D eigenvalue weighted by atomic mass is 10.3. The molecule has 0 fully saturated rings. The maximum Gasteiger partial charge on any atom is 0.237 e. The van der Waals surface area contributed by atoms with Crippen LogP contribution in [-0.2, 0) is 4.79 Å². The highest BCUT2D eigenvalue weighted by Crippen LogP contribution is 2.29. The van der Waals surface area contributed by atoms with Crippen LogP contribution in [-0.4, -0.2) is 27.8 Å². The van der Waals surface area contributed by atoms with Gasteiger partial charge in [0.05, 0.1) is 23.1 Å². The smallest absolute Gasteiger partial charge is 0.237 e. The summed E-state index contributed by atoms with van der Waals surface area (Å²) in [5.41, 5.74) is 1.22. The minimum Gasteiger partial charge on any atom is -0.495 e. The van der Waals surface area contributed by atoms with Crippen molar-refractivity contribution in [3.63, 3.8) is 0 Å². The van der Waals surface area contributed by atoms with Crippen LogP contribution < -0.4 is 10.1 Å². The van der Waals surface area contributed by atoms with Crippen molar-refractivity contribution in [1.82, 2.24) is 9.55 Å². The summed E-state index contributed by atoms with van der Waals surface area (Å²) < 4.78 is 20.3. The van der Waals surface area contributed by atoms with Crippen LogP contribution in [0.2, 0.25) is 5.02 Å². The van der Waals surface area contributed by atoms with Crippen molar-refractivity contribution in [2.75, 3.05) is 12.4 Å². The Morgan fingerprint density at radius 1 is 1.33 bits per heavy atom. The number of anilines is 1. The number of carbonyl (C=O) groups excluding carboxylic acids is 1. The zero-order valence-electron chi connectivity index (χ0n) is 14.6. The number of methoxy groups -OCH3 is 1. The predicted molar refractivity (Wildman–Crippen MR) is 105 cm³/mol. The Hall–Kier alpha value is -2.51. The molecule has 1 aromatic heterocycles. The van der Waals surface area contributed by atoms with Gasteiger partial charge in [-0.2, -0.15) is 0 Å². The number of halogens is 2. The molecular weight excluding hydrogens is 389 g/mol. The van der Waals surface area contributed by atoms with Crippen molar-refractivity contribution >= 4 is 35.0 Å². The maximum absolute atomic E-state index is 13.5. The second-order valence-electron chi connectivity index (χ2n) is 5.66. The highest BCUT2D eigenvalue weighted by atomic mass is 35.5.